The van der Waals surface area contributed by atoms with Gasteiger partial charge in [0.15, 0.2) is 0 Å². The third-order valence-electron chi connectivity index (χ3n) is 4.98. The molecule has 0 saturated carbocycles. The number of aryl methyl sites for hydroxylation is 3. The van der Waals surface area contributed by atoms with Crippen LogP contribution in [-0.2, 0) is 19.3 Å². The van der Waals surface area contributed by atoms with Crippen LogP contribution in [0.5, 0.6) is 5.75 Å². The van der Waals surface area contributed by atoms with Gasteiger partial charge in [0, 0.05) is 5.56 Å². The Morgan fingerprint density at radius 1 is 0.741 bits per heavy atom. The van der Waals surface area contributed by atoms with Gasteiger partial charge in [-0.05, 0) is 66.1 Å². The van der Waals surface area contributed by atoms with E-state index in [1.807, 2.05) is 36.4 Å². The van der Waals surface area contributed by atoms with Crippen LogP contribution in [0.3, 0.4) is 0 Å². The van der Waals surface area contributed by atoms with Gasteiger partial charge in [-0.15, -0.1) is 0 Å². The molecule has 0 radical (unpaired) electrons. The first kappa shape index (κ1) is 19.2. The molecule has 0 unspecified atom stereocenters. The zero-order valence-corrected chi connectivity index (χ0v) is 16.2. The third kappa shape index (κ3) is 5.19. The number of benzene rings is 3. The molecule has 0 aliphatic heterocycles. The molecule has 27 heavy (non-hydrogen) atoms. The van der Waals surface area contributed by atoms with Crippen molar-refractivity contribution in [2.75, 3.05) is 7.11 Å². The molecule has 0 spiro atoms. The highest BCUT2D eigenvalue weighted by molar-refractivity contribution is 5.64. The van der Waals surface area contributed by atoms with E-state index in [1.165, 1.54) is 11.1 Å². The van der Waals surface area contributed by atoms with Gasteiger partial charge in [0.25, 0.3) is 0 Å². The summed E-state index contributed by atoms with van der Waals surface area (Å²) >= 11 is 0. The van der Waals surface area contributed by atoms with Crippen LogP contribution in [0.25, 0.3) is 11.1 Å². The van der Waals surface area contributed by atoms with E-state index in [4.69, 9.17) is 4.74 Å². The topological polar surface area (TPSA) is 9.23 Å². The van der Waals surface area contributed by atoms with Crippen LogP contribution in [0.2, 0.25) is 0 Å². The van der Waals surface area contributed by atoms with Crippen LogP contribution in [0.15, 0.2) is 66.7 Å². The number of methoxy groups -OCH3 is 1. The highest BCUT2D eigenvalue weighted by atomic mass is 19.1. The van der Waals surface area contributed by atoms with E-state index in [9.17, 15) is 4.39 Å². The summed E-state index contributed by atoms with van der Waals surface area (Å²) in [5.74, 6) is 0.750. The predicted octanol–water partition coefficient (Wildman–Crippen LogP) is 6.63. The highest BCUT2D eigenvalue weighted by Crippen LogP contribution is 2.25. The fourth-order valence-electron chi connectivity index (χ4n) is 3.26. The van der Waals surface area contributed by atoms with E-state index in [2.05, 4.69) is 31.2 Å². The number of halogens is 1. The highest BCUT2D eigenvalue weighted by Gasteiger charge is 2.07. The first-order valence-electron chi connectivity index (χ1n) is 9.70. The minimum absolute atomic E-state index is 0.130. The Morgan fingerprint density at radius 3 is 1.89 bits per heavy atom. The molecular formula is C25H27FO. The molecule has 3 aromatic rings. The van der Waals surface area contributed by atoms with Crippen molar-refractivity contribution in [1.82, 2.24) is 0 Å². The molecule has 2 heteroatoms. The lowest BCUT2D eigenvalue weighted by Gasteiger charge is -2.08. The lowest BCUT2D eigenvalue weighted by Crippen LogP contribution is -1.93. The first-order valence-corrected chi connectivity index (χ1v) is 9.70. The number of ether oxygens (including phenoxy) is 1. The summed E-state index contributed by atoms with van der Waals surface area (Å²) in [5.41, 5.74) is 5.23. The fourth-order valence-corrected chi connectivity index (χ4v) is 3.26. The summed E-state index contributed by atoms with van der Waals surface area (Å²) < 4.78 is 19.7. The maximum Gasteiger partial charge on any atom is 0.131 e. The van der Waals surface area contributed by atoms with Crippen LogP contribution in [-0.4, -0.2) is 7.11 Å². The number of unbranched alkanes of at least 4 members (excludes halogenated alkanes) is 1. The van der Waals surface area contributed by atoms with Gasteiger partial charge in [0.1, 0.15) is 11.6 Å². The Labute approximate surface area is 161 Å². The fraction of sp³-hybridized carbons (Fsp3) is 0.280. The average Bonchev–Trinajstić information content (AvgIpc) is 2.71. The van der Waals surface area contributed by atoms with Crippen LogP contribution in [0.1, 0.15) is 36.5 Å². The Hall–Kier alpha value is -2.61. The second-order valence-electron chi connectivity index (χ2n) is 6.96. The van der Waals surface area contributed by atoms with Gasteiger partial charge >= 0.3 is 0 Å². The Bertz CT molecular complexity index is 850. The normalized spacial score (nSPS) is 10.8. The molecular weight excluding hydrogens is 335 g/mol. The molecule has 0 heterocycles. The molecule has 0 saturated heterocycles. The van der Waals surface area contributed by atoms with Gasteiger partial charge in [-0.25, -0.2) is 4.39 Å². The minimum Gasteiger partial charge on any atom is -0.497 e. The van der Waals surface area contributed by atoms with E-state index in [-0.39, 0.29) is 5.82 Å². The Balaban J connectivity index is 1.64. The quantitative estimate of drug-likeness (QED) is 0.437. The summed E-state index contributed by atoms with van der Waals surface area (Å²) in [5, 5.41) is 0. The van der Waals surface area contributed by atoms with E-state index < -0.39 is 0 Å². The predicted molar refractivity (Wildman–Crippen MR) is 111 cm³/mol. The molecule has 0 aliphatic rings. The second-order valence-corrected chi connectivity index (χ2v) is 6.96. The van der Waals surface area contributed by atoms with Crippen LogP contribution >= 0.6 is 0 Å². The van der Waals surface area contributed by atoms with Gasteiger partial charge in [-0.3, -0.25) is 0 Å². The monoisotopic (exact) mass is 362 g/mol. The van der Waals surface area contributed by atoms with Crippen LogP contribution in [0, 0.1) is 5.82 Å². The van der Waals surface area contributed by atoms with Gasteiger partial charge in [0.2, 0.25) is 0 Å². The molecule has 0 aliphatic carbocycles. The Morgan fingerprint density at radius 2 is 1.33 bits per heavy atom. The van der Waals surface area contributed by atoms with Crippen molar-refractivity contribution in [3.05, 3.63) is 89.2 Å². The molecule has 140 valence electrons. The van der Waals surface area contributed by atoms with Crippen molar-refractivity contribution in [3.63, 3.8) is 0 Å². The molecule has 3 aromatic carbocycles. The summed E-state index contributed by atoms with van der Waals surface area (Å²) in [6.45, 7) is 2.15. The van der Waals surface area contributed by atoms with Crippen molar-refractivity contribution in [1.29, 1.82) is 0 Å². The standard InChI is InChI=1S/C25H27FO/c1-3-4-5-21-12-17-24(25(26)18-21)22-13-8-19(9-14-22)6-7-20-10-15-23(27-2)16-11-20/h8-18H,3-7H2,1-2H3. The number of hydrogen-bond acceptors (Lipinski definition) is 1. The van der Waals surface area contributed by atoms with Gasteiger partial charge in [0.05, 0.1) is 7.11 Å². The maximum absolute atomic E-state index is 14.5. The molecule has 1 nitrogen and oxygen atoms in total. The van der Waals surface area contributed by atoms with Crippen molar-refractivity contribution in [3.8, 4) is 16.9 Å². The molecule has 0 bridgehead atoms. The summed E-state index contributed by atoms with van der Waals surface area (Å²) in [4.78, 5) is 0. The zero-order valence-electron chi connectivity index (χ0n) is 16.2. The van der Waals surface area contributed by atoms with Crippen molar-refractivity contribution < 1.29 is 9.13 Å². The third-order valence-corrected chi connectivity index (χ3v) is 4.98. The zero-order chi connectivity index (χ0) is 19.1. The molecule has 0 aromatic heterocycles. The smallest absolute Gasteiger partial charge is 0.131 e. The van der Waals surface area contributed by atoms with Crippen molar-refractivity contribution in [2.45, 2.75) is 39.0 Å². The van der Waals surface area contributed by atoms with Gasteiger partial charge in [-0.1, -0.05) is 61.9 Å². The minimum atomic E-state index is -0.130. The van der Waals surface area contributed by atoms with Crippen molar-refractivity contribution >= 4 is 0 Å². The second kappa shape index (κ2) is 9.36. The maximum atomic E-state index is 14.5. The lowest BCUT2D eigenvalue weighted by atomic mass is 9.98. The average molecular weight is 362 g/mol. The molecule has 0 atom stereocenters. The van der Waals surface area contributed by atoms with Crippen LogP contribution < -0.4 is 4.74 Å². The van der Waals surface area contributed by atoms with Crippen LogP contribution in [0.4, 0.5) is 4.39 Å². The molecule has 0 N–H and O–H groups in total. The Kier molecular flexibility index (Phi) is 6.64. The number of hydrogen-bond donors (Lipinski definition) is 0. The summed E-state index contributed by atoms with van der Waals surface area (Å²) in [6, 6.07) is 22.1. The van der Waals surface area contributed by atoms with E-state index >= 15 is 0 Å². The molecule has 0 fully saturated rings. The SMILES string of the molecule is CCCCc1ccc(-c2ccc(CCc3ccc(OC)cc3)cc2)c(F)c1. The summed E-state index contributed by atoms with van der Waals surface area (Å²) in [6.07, 6.45) is 5.11. The number of rotatable bonds is 8. The van der Waals surface area contributed by atoms with E-state index in [1.54, 1.807) is 13.2 Å². The van der Waals surface area contributed by atoms with Gasteiger partial charge in [-0.2, -0.15) is 0 Å². The lowest BCUT2D eigenvalue weighted by molar-refractivity contribution is 0.414. The first-order chi connectivity index (χ1) is 13.2. The largest absolute Gasteiger partial charge is 0.497 e. The van der Waals surface area contributed by atoms with E-state index in [0.29, 0.717) is 5.56 Å². The summed E-state index contributed by atoms with van der Waals surface area (Å²) in [7, 11) is 1.68. The van der Waals surface area contributed by atoms with E-state index in [0.717, 1.165) is 49.0 Å². The van der Waals surface area contributed by atoms with Gasteiger partial charge < -0.3 is 4.74 Å². The molecule has 0 amide bonds. The van der Waals surface area contributed by atoms with Crippen molar-refractivity contribution in [2.24, 2.45) is 0 Å². The molecule has 3 rings (SSSR count).